The summed E-state index contributed by atoms with van der Waals surface area (Å²) < 4.78 is 38.1. The third-order valence-corrected chi connectivity index (χ3v) is 5.80. The summed E-state index contributed by atoms with van der Waals surface area (Å²) in [6.45, 7) is 2.26. The Labute approximate surface area is 192 Å². The van der Waals surface area contributed by atoms with Crippen LogP contribution in [0.15, 0.2) is 66.7 Å². The van der Waals surface area contributed by atoms with Gasteiger partial charge >= 0.3 is 5.97 Å². The Morgan fingerprint density at radius 3 is 2.09 bits per heavy atom. The molecule has 1 aliphatic rings. The lowest BCUT2D eigenvalue weighted by Gasteiger charge is -2.34. The minimum atomic E-state index is -0.448. The zero-order valence-corrected chi connectivity index (χ0v) is 18.4. The molecule has 0 radical (unpaired) electrons. The summed E-state index contributed by atoms with van der Waals surface area (Å²) in [5, 5.41) is 0. The van der Waals surface area contributed by atoms with Crippen molar-refractivity contribution in [1.82, 2.24) is 9.88 Å². The Balaban J connectivity index is 1.40. The highest BCUT2D eigenvalue weighted by molar-refractivity contribution is 5.87. The number of halogens is 2. The molecule has 1 fully saturated rings. The average molecular weight is 453 g/mol. The number of hydrogen-bond acceptors (Lipinski definition) is 5. The number of esters is 1. The van der Waals surface area contributed by atoms with Crippen molar-refractivity contribution >= 4 is 5.97 Å². The van der Waals surface area contributed by atoms with E-state index in [-0.39, 0.29) is 17.7 Å². The molecule has 5 nitrogen and oxygen atoms in total. The number of likely N-dealkylation sites (tertiary alicyclic amines) is 1. The highest BCUT2D eigenvalue weighted by Gasteiger charge is 2.25. The molecule has 0 bridgehead atoms. The van der Waals surface area contributed by atoms with Crippen LogP contribution >= 0.6 is 0 Å². The van der Waals surface area contributed by atoms with Crippen molar-refractivity contribution in [3.63, 3.8) is 0 Å². The van der Waals surface area contributed by atoms with Gasteiger partial charge in [-0.3, -0.25) is 4.90 Å². The van der Waals surface area contributed by atoms with Gasteiger partial charge in [-0.2, -0.15) is 0 Å². The van der Waals surface area contributed by atoms with E-state index in [2.05, 4.69) is 9.88 Å². The van der Waals surface area contributed by atoms with Crippen LogP contribution in [0, 0.1) is 11.6 Å². The molecule has 0 atom stereocenters. The second-order valence-electron chi connectivity index (χ2n) is 8.10. The van der Waals surface area contributed by atoms with Gasteiger partial charge in [-0.05, 0) is 60.4 Å². The van der Waals surface area contributed by atoms with Crippen LogP contribution in [0.3, 0.4) is 0 Å². The molecule has 2 heterocycles. The van der Waals surface area contributed by atoms with Gasteiger partial charge in [-0.1, -0.05) is 30.3 Å². The van der Waals surface area contributed by atoms with Crippen LogP contribution in [-0.4, -0.2) is 42.2 Å². The van der Waals surface area contributed by atoms with E-state index < -0.39 is 12.1 Å². The maximum Gasteiger partial charge on any atom is 0.356 e. The lowest BCUT2D eigenvalue weighted by Crippen LogP contribution is -2.37. The number of carbonyl (C=O) groups excluding carboxylic acids is 1. The molecule has 3 aromatic rings. The Hall–Kier alpha value is -3.16. The van der Waals surface area contributed by atoms with E-state index in [1.54, 1.807) is 36.4 Å². The fourth-order valence-corrected chi connectivity index (χ4v) is 4.04. The number of pyridine rings is 1. The van der Waals surface area contributed by atoms with Crippen LogP contribution in [0.5, 0.6) is 0 Å². The zero-order valence-electron chi connectivity index (χ0n) is 18.4. The molecule has 1 aliphatic heterocycles. The zero-order chi connectivity index (χ0) is 23.2. The molecule has 4 rings (SSSR count). The standard InChI is InChI=1S/C26H26F2N2O3/c1-32-26(31)24-4-2-3-22(29-24)17-30-15-13-23(14-16-30)33-25(18-5-9-20(27)10-6-18)19-7-11-21(28)12-8-19/h2-12,23,25H,13-17H2,1H3. The van der Waals surface area contributed by atoms with Crippen molar-refractivity contribution in [1.29, 1.82) is 0 Å². The molecule has 33 heavy (non-hydrogen) atoms. The summed E-state index contributed by atoms with van der Waals surface area (Å²) in [5.74, 6) is -1.07. The first-order valence-electron chi connectivity index (χ1n) is 10.9. The second-order valence-corrected chi connectivity index (χ2v) is 8.10. The van der Waals surface area contributed by atoms with Crippen molar-refractivity contribution in [3.8, 4) is 0 Å². The van der Waals surface area contributed by atoms with E-state index in [0.717, 1.165) is 42.8 Å². The number of nitrogens with zero attached hydrogens (tertiary/aromatic N) is 2. The third kappa shape index (κ3) is 6.00. The van der Waals surface area contributed by atoms with Crippen LogP contribution < -0.4 is 0 Å². The van der Waals surface area contributed by atoms with E-state index in [1.165, 1.54) is 31.4 Å². The van der Waals surface area contributed by atoms with E-state index >= 15 is 0 Å². The van der Waals surface area contributed by atoms with Gasteiger partial charge in [0.25, 0.3) is 0 Å². The predicted molar refractivity (Wildman–Crippen MR) is 120 cm³/mol. The van der Waals surface area contributed by atoms with Crippen LogP contribution in [0.1, 0.15) is 46.3 Å². The summed E-state index contributed by atoms with van der Waals surface area (Å²) in [6.07, 6.45) is 1.24. The molecule has 7 heteroatoms. The monoisotopic (exact) mass is 452 g/mol. The molecule has 1 saturated heterocycles. The highest BCUT2D eigenvalue weighted by atomic mass is 19.1. The van der Waals surface area contributed by atoms with Crippen LogP contribution in [0.25, 0.3) is 0 Å². The Morgan fingerprint density at radius 2 is 1.55 bits per heavy atom. The summed E-state index contributed by atoms with van der Waals surface area (Å²) in [6, 6.07) is 17.8. The molecule has 0 N–H and O–H groups in total. The second kappa shape index (κ2) is 10.6. The maximum atomic E-state index is 13.4. The number of benzene rings is 2. The molecular formula is C26H26F2N2O3. The van der Waals surface area contributed by atoms with Gasteiger partial charge in [-0.15, -0.1) is 0 Å². The molecule has 0 amide bonds. The number of piperidine rings is 1. The SMILES string of the molecule is COC(=O)c1cccc(CN2CCC(OC(c3ccc(F)cc3)c3ccc(F)cc3)CC2)n1. The summed E-state index contributed by atoms with van der Waals surface area (Å²) >= 11 is 0. The van der Waals surface area contributed by atoms with Gasteiger partial charge in [0.05, 0.1) is 18.9 Å². The molecule has 172 valence electrons. The quantitative estimate of drug-likeness (QED) is 0.477. The minimum Gasteiger partial charge on any atom is -0.464 e. The predicted octanol–water partition coefficient (Wildman–Crippen LogP) is 4.92. The van der Waals surface area contributed by atoms with Gasteiger partial charge in [-0.25, -0.2) is 18.6 Å². The van der Waals surface area contributed by atoms with Gasteiger partial charge in [0.1, 0.15) is 23.4 Å². The van der Waals surface area contributed by atoms with E-state index in [1.807, 2.05) is 6.07 Å². The summed E-state index contributed by atoms with van der Waals surface area (Å²) in [7, 11) is 1.34. The van der Waals surface area contributed by atoms with Crippen LogP contribution in [0.2, 0.25) is 0 Å². The number of rotatable bonds is 7. The van der Waals surface area contributed by atoms with E-state index in [4.69, 9.17) is 9.47 Å². The van der Waals surface area contributed by atoms with Crippen molar-refractivity contribution in [2.75, 3.05) is 20.2 Å². The van der Waals surface area contributed by atoms with Gasteiger partial charge in [0.2, 0.25) is 0 Å². The number of ether oxygens (including phenoxy) is 2. The number of hydrogen-bond donors (Lipinski definition) is 0. The smallest absolute Gasteiger partial charge is 0.356 e. The van der Waals surface area contributed by atoms with Crippen LogP contribution in [-0.2, 0) is 16.0 Å². The molecule has 0 spiro atoms. The minimum absolute atomic E-state index is 0.00992. The summed E-state index contributed by atoms with van der Waals surface area (Å²) in [5.41, 5.74) is 2.77. The largest absolute Gasteiger partial charge is 0.464 e. The molecule has 0 unspecified atom stereocenters. The van der Waals surface area contributed by atoms with Gasteiger partial charge in [0, 0.05) is 19.6 Å². The molecule has 0 aliphatic carbocycles. The lowest BCUT2D eigenvalue weighted by atomic mass is 10.00. The highest BCUT2D eigenvalue weighted by Crippen LogP contribution is 2.30. The lowest BCUT2D eigenvalue weighted by molar-refractivity contribution is -0.0283. The van der Waals surface area contributed by atoms with Crippen molar-refractivity contribution in [2.45, 2.75) is 31.6 Å². The first-order chi connectivity index (χ1) is 16.0. The first-order valence-corrected chi connectivity index (χ1v) is 10.9. The number of methoxy groups -OCH3 is 1. The molecule has 1 aromatic heterocycles. The molecule has 2 aromatic carbocycles. The Bertz CT molecular complexity index is 1020. The van der Waals surface area contributed by atoms with Crippen molar-refractivity contribution < 1.29 is 23.0 Å². The summed E-state index contributed by atoms with van der Waals surface area (Å²) in [4.78, 5) is 18.4. The van der Waals surface area contributed by atoms with Crippen molar-refractivity contribution in [2.24, 2.45) is 0 Å². The normalized spacial score (nSPS) is 15.0. The van der Waals surface area contributed by atoms with E-state index in [9.17, 15) is 13.6 Å². The van der Waals surface area contributed by atoms with Crippen molar-refractivity contribution in [3.05, 3.63) is 101 Å². The van der Waals surface area contributed by atoms with Gasteiger partial charge in [0.15, 0.2) is 0 Å². The third-order valence-electron chi connectivity index (χ3n) is 5.80. The average Bonchev–Trinajstić information content (AvgIpc) is 2.84. The van der Waals surface area contributed by atoms with Crippen LogP contribution in [0.4, 0.5) is 8.78 Å². The fraction of sp³-hybridized carbons (Fsp3) is 0.308. The van der Waals surface area contributed by atoms with E-state index in [0.29, 0.717) is 12.2 Å². The number of aromatic nitrogens is 1. The fourth-order valence-electron chi connectivity index (χ4n) is 4.04. The first kappa shape index (κ1) is 23.0. The molecule has 0 saturated carbocycles. The topological polar surface area (TPSA) is 51.7 Å². The molecular weight excluding hydrogens is 426 g/mol. The Morgan fingerprint density at radius 1 is 0.970 bits per heavy atom. The Kier molecular flexibility index (Phi) is 7.42. The maximum absolute atomic E-state index is 13.4. The number of carbonyl (C=O) groups is 1. The van der Waals surface area contributed by atoms with Gasteiger partial charge < -0.3 is 9.47 Å².